The number of phenolic OH excluding ortho intramolecular Hbond substituents is 1. The number of phenols is 1. The van der Waals surface area contributed by atoms with Crippen molar-refractivity contribution in [1.29, 1.82) is 0 Å². The van der Waals surface area contributed by atoms with Crippen LogP contribution in [0.2, 0.25) is 5.02 Å². The second-order valence-corrected chi connectivity index (χ2v) is 2.09. The summed E-state index contributed by atoms with van der Waals surface area (Å²) in [6.45, 7) is 0. The van der Waals surface area contributed by atoms with Gasteiger partial charge in [0.1, 0.15) is 0 Å². The van der Waals surface area contributed by atoms with Gasteiger partial charge in [0.2, 0.25) is 0 Å². The predicted molar refractivity (Wildman–Crippen MR) is 38.5 cm³/mol. The summed E-state index contributed by atoms with van der Waals surface area (Å²) in [5, 5.41) is 9.36. The summed E-state index contributed by atoms with van der Waals surface area (Å²) < 4.78 is 4.76. The summed E-state index contributed by atoms with van der Waals surface area (Å²) in [4.78, 5) is 0. The summed E-state index contributed by atoms with van der Waals surface area (Å²) in [7, 11) is 1.44. The normalized spacial score (nSPS) is 9.40. The van der Waals surface area contributed by atoms with Crippen molar-refractivity contribution >= 4 is 11.6 Å². The number of benzene rings is 1. The third kappa shape index (κ3) is 1.16. The Hall–Kier alpha value is -0.890. The van der Waals surface area contributed by atoms with Crippen LogP contribution in [0, 0.1) is 6.07 Å². The minimum Gasteiger partial charge on any atom is -0.504 e. The molecule has 10 heavy (non-hydrogen) atoms. The molecule has 1 N–H and O–H groups in total. The number of rotatable bonds is 1. The Kier molecular flexibility index (Phi) is 2.02. The van der Waals surface area contributed by atoms with Crippen LogP contribution < -0.4 is 4.74 Å². The molecule has 1 radical (unpaired) electrons. The largest absolute Gasteiger partial charge is 0.504 e. The Labute approximate surface area is 64.0 Å². The van der Waals surface area contributed by atoms with Crippen molar-refractivity contribution in [1.82, 2.24) is 0 Å². The molecular weight excluding hydrogens is 152 g/mol. The highest BCUT2D eigenvalue weighted by Crippen LogP contribution is 2.32. The van der Waals surface area contributed by atoms with Gasteiger partial charge in [-0.1, -0.05) is 11.6 Å². The van der Waals surface area contributed by atoms with E-state index in [1.54, 1.807) is 0 Å². The van der Waals surface area contributed by atoms with Crippen LogP contribution in [0.25, 0.3) is 0 Å². The average molecular weight is 158 g/mol. The molecule has 0 saturated carbocycles. The predicted octanol–water partition coefficient (Wildman–Crippen LogP) is 1.85. The Morgan fingerprint density at radius 3 is 2.80 bits per heavy atom. The van der Waals surface area contributed by atoms with Crippen LogP contribution >= 0.6 is 11.6 Å². The molecule has 0 aliphatic carbocycles. The molecule has 1 rings (SSSR count). The Bertz CT molecular complexity index is 215. The third-order valence-corrected chi connectivity index (χ3v) is 1.37. The lowest BCUT2D eigenvalue weighted by Crippen LogP contribution is -1.83. The smallest absolute Gasteiger partial charge is 0.179 e. The first-order chi connectivity index (χ1) is 4.75. The van der Waals surface area contributed by atoms with Crippen LogP contribution in [-0.2, 0) is 0 Å². The molecule has 0 atom stereocenters. The van der Waals surface area contributed by atoms with Gasteiger partial charge in [-0.05, 0) is 12.1 Å². The van der Waals surface area contributed by atoms with Gasteiger partial charge in [-0.25, -0.2) is 0 Å². The molecule has 0 amide bonds. The number of halogens is 1. The zero-order chi connectivity index (χ0) is 7.56. The van der Waals surface area contributed by atoms with E-state index in [1.165, 1.54) is 19.2 Å². The van der Waals surface area contributed by atoms with Gasteiger partial charge < -0.3 is 9.84 Å². The quantitative estimate of drug-likeness (QED) is 0.674. The van der Waals surface area contributed by atoms with Gasteiger partial charge in [0, 0.05) is 6.07 Å². The average Bonchev–Trinajstić information content (AvgIpc) is 1.88. The second kappa shape index (κ2) is 2.80. The number of ether oxygens (including phenoxy) is 1. The maximum atomic E-state index is 9.06. The van der Waals surface area contributed by atoms with E-state index in [0.717, 1.165) is 0 Å². The lowest BCUT2D eigenvalue weighted by molar-refractivity contribution is 0.373. The molecule has 2 nitrogen and oxygen atoms in total. The van der Waals surface area contributed by atoms with E-state index in [4.69, 9.17) is 21.4 Å². The van der Waals surface area contributed by atoms with Crippen LogP contribution in [0.15, 0.2) is 12.1 Å². The van der Waals surface area contributed by atoms with E-state index in [9.17, 15) is 0 Å². The van der Waals surface area contributed by atoms with Gasteiger partial charge in [-0.15, -0.1) is 0 Å². The van der Waals surface area contributed by atoms with Crippen molar-refractivity contribution < 1.29 is 9.84 Å². The minimum absolute atomic E-state index is 0.0336. The van der Waals surface area contributed by atoms with Gasteiger partial charge in [-0.2, -0.15) is 0 Å². The van der Waals surface area contributed by atoms with Gasteiger partial charge >= 0.3 is 0 Å². The molecule has 0 bridgehead atoms. The molecular formula is C7H6ClO2. The second-order valence-electron chi connectivity index (χ2n) is 1.71. The fourth-order valence-corrected chi connectivity index (χ4v) is 0.879. The molecule has 0 spiro atoms. The van der Waals surface area contributed by atoms with Gasteiger partial charge in [0.05, 0.1) is 12.1 Å². The third-order valence-electron chi connectivity index (χ3n) is 1.09. The van der Waals surface area contributed by atoms with Gasteiger partial charge in [-0.3, -0.25) is 0 Å². The fourth-order valence-electron chi connectivity index (χ4n) is 0.642. The zero-order valence-corrected chi connectivity index (χ0v) is 6.14. The lowest BCUT2D eigenvalue weighted by atomic mass is 10.3. The van der Waals surface area contributed by atoms with E-state index in [0.29, 0.717) is 5.02 Å². The maximum absolute atomic E-state index is 9.06. The number of aromatic hydroxyl groups is 1. The van der Waals surface area contributed by atoms with Gasteiger partial charge in [0.15, 0.2) is 11.5 Å². The SMILES string of the molecule is COc1c(Cl)[c]ccc1O. The first-order valence-corrected chi connectivity index (χ1v) is 3.06. The Morgan fingerprint density at radius 1 is 1.70 bits per heavy atom. The number of hydrogen-bond acceptors (Lipinski definition) is 2. The topological polar surface area (TPSA) is 29.5 Å². The molecule has 1 aromatic rings. The van der Waals surface area contributed by atoms with E-state index >= 15 is 0 Å². The van der Waals surface area contributed by atoms with Crippen LogP contribution in [0.1, 0.15) is 0 Å². The Morgan fingerprint density at radius 2 is 2.40 bits per heavy atom. The summed E-state index contributed by atoms with van der Waals surface area (Å²) >= 11 is 5.59. The summed E-state index contributed by atoms with van der Waals surface area (Å²) in [6.07, 6.45) is 0. The van der Waals surface area contributed by atoms with Crippen molar-refractivity contribution in [2.45, 2.75) is 0 Å². The standard InChI is InChI=1S/C7H6ClO2/c1-10-7-5(8)3-2-4-6(7)9/h2,4,9H,1H3. The minimum atomic E-state index is 0.0336. The first kappa shape index (κ1) is 7.22. The molecule has 0 aliphatic rings. The molecule has 0 fully saturated rings. The fraction of sp³-hybridized carbons (Fsp3) is 0.143. The summed E-state index contributed by atoms with van der Waals surface area (Å²) in [6, 6.07) is 5.66. The molecule has 3 heteroatoms. The molecule has 0 heterocycles. The van der Waals surface area contributed by atoms with Crippen molar-refractivity contribution in [2.24, 2.45) is 0 Å². The van der Waals surface area contributed by atoms with Crippen LogP contribution in [0.3, 0.4) is 0 Å². The lowest BCUT2D eigenvalue weighted by Gasteiger charge is -2.02. The van der Waals surface area contributed by atoms with E-state index < -0.39 is 0 Å². The highest BCUT2D eigenvalue weighted by Gasteiger charge is 2.03. The number of hydrogen-bond donors (Lipinski definition) is 1. The van der Waals surface area contributed by atoms with Crippen molar-refractivity contribution in [2.75, 3.05) is 7.11 Å². The number of methoxy groups -OCH3 is 1. The molecule has 0 unspecified atom stereocenters. The van der Waals surface area contributed by atoms with E-state index in [2.05, 4.69) is 6.07 Å². The monoisotopic (exact) mass is 157 g/mol. The van der Waals surface area contributed by atoms with Crippen molar-refractivity contribution in [3.8, 4) is 11.5 Å². The summed E-state index contributed by atoms with van der Waals surface area (Å²) in [5.74, 6) is 0.301. The summed E-state index contributed by atoms with van der Waals surface area (Å²) in [5.41, 5.74) is 0. The Balaban J connectivity index is 3.17. The van der Waals surface area contributed by atoms with Crippen LogP contribution in [0.4, 0.5) is 0 Å². The highest BCUT2D eigenvalue weighted by atomic mass is 35.5. The van der Waals surface area contributed by atoms with Crippen molar-refractivity contribution in [3.05, 3.63) is 23.2 Å². The highest BCUT2D eigenvalue weighted by molar-refractivity contribution is 6.32. The maximum Gasteiger partial charge on any atom is 0.179 e. The molecule has 1 aromatic carbocycles. The first-order valence-electron chi connectivity index (χ1n) is 2.69. The molecule has 0 aliphatic heterocycles. The van der Waals surface area contributed by atoms with Gasteiger partial charge in [0.25, 0.3) is 0 Å². The van der Waals surface area contributed by atoms with Crippen LogP contribution in [-0.4, -0.2) is 12.2 Å². The zero-order valence-electron chi connectivity index (χ0n) is 5.39. The van der Waals surface area contributed by atoms with Crippen molar-refractivity contribution in [3.63, 3.8) is 0 Å². The molecule has 0 saturated heterocycles. The van der Waals surface area contributed by atoms with E-state index in [1.807, 2.05) is 0 Å². The van der Waals surface area contributed by atoms with Crippen LogP contribution in [0.5, 0.6) is 11.5 Å². The molecule has 53 valence electrons. The molecule has 0 aromatic heterocycles. The van der Waals surface area contributed by atoms with E-state index in [-0.39, 0.29) is 11.5 Å².